The Labute approximate surface area is 226 Å². The number of hydrogen-bond donors (Lipinski definition) is 2. The molecule has 2 heterocycles. The molecular formula is C20H18I2N6O6S. The van der Waals surface area contributed by atoms with E-state index >= 15 is 0 Å². The van der Waals surface area contributed by atoms with E-state index in [4.69, 9.17) is 0 Å². The van der Waals surface area contributed by atoms with Crippen LogP contribution in [0.3, 0.4) is 0 Å². The summed E-state index contributed by atoms with van der Waals surface area (Å²) in [5.74, 6) is -1.07. The number of nitrogens with zero attached hydrogens (tertiary/aromatic N) is 4. The van der Waals surface area contributed by atoms with E-state index in [2.05, 4.69) is 19.9 Å². The van der Waals surface area contributed by atoms with Crippen LogP contribution >= 0.6 is 45.2 Å². The minimum atomic E-state index is -4.37. The summed E-state index contributed by atoms with van der Waals surface area (Å²) in [7, 11) is -4.37. The van der Waals surface area contributed by atoms with Crippen LogP contribution < -0.4 is 0 Å². The normalized spacial score (nSPS) is 29.0. The van der Waals surface area contributed by atoms with Gasteiger partial charge in [0.1, 0.15) is 23.5 Å². The Morgan fingerprint density at radius 3 is 1.51 bits per heavy atom. The lowest BCUT2D eigenvalue weighted by atomic mass is 9.91. The predicted molar refractivity (Wildman–Crippen MR) is 143 cm³/mol. The van der Waals surface area contributed by atoms with E-state index in [0.29, 0.717) is 11.6 Å². The Bertz CT molecular complexity index is 1330. The minimum Gasteiger partial charge on any atom is -0.348 e. The van der Waals surface area contributed by atoms with Crippen LogP contribution in [0.5, 0.6) is 0 Å². The summed E-state index contributed by atoms with van der Waals surface area (Å²) >= 11 is 3.22. The second kappa shape index (κ2) is 8.91. The number of aromatic amines is 2. The highest BCUT2D eigenvalue weighted by Crippen LogP contribution is 2.49. The Morgan fingerprint density at radius 1 is 0.857 bits per heavy atom. The van der Waals surface area contributed by atoms with Gasteiger partial charge in [0.15, 0.2) is 0 Å². The van der Waals surface area contributed by atoms with Crippen LogP contribution in [0.2, 0.25) is 0 Å². The summed E-state index contributed by atoms with van der Waals surface area (Å²) in [5.41, 5.74) is 0.560. The van der Waals surface area contributed by atoms with Gasteiger partial charge in [-0.3, -0.25) is 20.2 Å². The number of aromatic nitrogens is 4. The molecule has 0 saturated carbocycles. The molecule has 0 saturated heterocycles. The molecule has 184 valence electrons. The van der Waals surface area contributed by atoms with Crippen molar-refractivity contribution >= 4 is 55.0 Å². The molecule has 2 aliphatic carbocycles. The molecule has 0 bridgehead atoms. The molecule has 2 aromatic heterocycles. The number of hydrogen-bond acceptors (Lipinski definition) is 8. The van der Waals surface area contributed by atoms with E-state index in [1.807, 2.05) is 0 Å². The first-order valence-corrected chi connectivity index (χ1v) is 13.7. The van der Waals surface area contributed by atoms with Crippen molar-refractivity contribution < 1.29 is 18.3 Å². The van der Waals surface area contributed by atoms with Crippen molar-refractivity contribution in [1.29, 1.82) is 0 Å². The molecule has 2 aliphatic rings. The molecular weight excluding hydrogens is 706 g/mol. The van der Waals surface area contributed by atoms with E-state index in [-0.39, 0.29) is 21.0 Å². The van der Waals surface area contributed by atoms with Gasteiger partial charge < -0.3 is 9.97 Å². The lowest BCUT2D eigenvalue weighted by Gasteiger charge is -2.31. The molecule has 2 aromatic rings. The van der Waals surface area contributed by atoms with Crippen LogP contribution in [-0.4, -0.2) is 45.3 Å². The summed E-state index contributed by atoms with van der Waals surface area (Å²) in [5, 5.41) is 24.3. The molecule has 0 spiro atoms. The van der Waals surface area contributed by atoms with Crippen LogP contribution in [-0.2, 0) is 9.84 Å². The Morgan fingerprint density at radius 2 is 1.23 bits per heavy atom. The van der Waals surface area contributed by atoms with Crippen molar-refractivity contribution in [1.82, 2.24) is 19.9 Å². The molecule has 35 heavy (non-hydrogen) atoms. The number of sulfone groups is 1. The number of nitrogens with one attached hydrogen (secondary N) is 2. The molecule has 0 fully saturated rings. The van der Waals surface area contributed by atoms with Gasteiger partial charge in [0.2, 0.25) is 9.84 Å². The minimum absolute atomic E-state index is 0.274. The van der Waals surface area contributed by atoms with Gasteiger partial charge in [-0.25, -0.2) is 18.4 Å². The van der Waals surface area contributed by atoms with Gasteiger partial charge in [0.25, 0.3) is 0 Å². The highest BCUT2D eigenvalue weighted by atomic mass is 127. The fourth-order valence-corrected chi connectivity index (χ4v) is 8.02. The second-order valence-corrected chi connectivity index (χ2v) is 13.4. The zero-order chi connectivity index (χ0) is 25.8. The zero-order valence-electron chi connectivity index (χ0n) is 18.2. The topological polar surface area (TPSA) is 178 Å². The lowest BCUT2D eigenvalue weighted by molar-refractivity contribution is -0.520. The number of allylic oxidation sites excluding steroid dienone is 2. The number of nitro groups is 2. The summed E-state index contributed by atoms with van der Waals surface area (Å²) in [6.07, 6.45) is 11.1. The van der Waals surface area contributed by atoms with Crippen molar-refractivity contribution in [3.8, 4) is 0 Å². The standard InChI is InChI=1S/C20H18I2N6O6S/c1-11-7-13(17-23-3-4-24-17)19(21,27(29)30)9-15(11)35(33,34)16-10-20(22,28(31)32)14(8-12(16)2)18-25-5-6-26-18/h3-10,13-14H,1-2H3,(H,23,24)(H,25,26)/t13-,14+,19-,20+. The third-order valence-corrected chi connectivity index (χ3v) is 10.7. The molecule has 15 heteroatoms. The van der Waals surface area contributed by atoms with Crippen LogP contribution in [0.15, 0.2) is 70.0 Å². The van der Waals surface area contributed by atoms with E-state index in [9.17, 15) is 28.6 Å². The van der Waals surface area contributed by atoms with Gasteiger partial charge in [-0.15, -0.1) is 0 Å². The molecule has 0 unspecified atom stereocenters. The van der Waals surface area contributed by atoms with Crippen molar-refractivity contribution in [3.63, 3.8) is 0 Å². The van der Waals surface area contributed by atoms with E-state index < -0.39 is 38.6 Å². The molecule has 12 nitrogen and oxygen atoms in total. The van der Waals surface area contributed by atoms with Crippen molar-refractivity contribution in [3.05, 3.63) is 102 Å². The number of imidazole rings is 2. The molecule has 0 aromatic carbocycles. The fraction of sp³-hybridized carbons (Fsp3) is 0.300. The number of alkyl halides is 2. The van der Waals surface area contributed by atoms with E-state index in [1.165, 1.54) is 50.8 Å². The van der Waals surface area contributed by atoms with Crippen LogP contribution in [0, 0.1) is 20.2 Å². The van der Waals surface area contributed by atoms with Gasteiger partial charge in [-0.1, -0.05) is 12.2 Å². The summed E-state index contributed by atoms with van der Waals surface area (Å²) in [6, 6.07) is 0. The molecule has 2 N–H and O–H groups in total. The average Bonchev–Trinajstić information content (AvgIpc) is 3.50. The van der Waals surface area contributed by atoms with Crippen molar-refractivity contribution in [2.75, 3.05) is 0 Å². The van der Waals surface area contributed by atoms with Crippen LogP contribution in [0.1, 0.15) is 37.3 Å². The summed E-state index contributed by atoms with van der Waals surface area (Å²) in [6.45, 7) is 3.07. The maximum absolute atomic E-state index is 13.9. The van der Waals surface area contributed by atoms with Crippen LogP contribution in [0.25, 0.3) is 0 Å². The fourth-order valence-electron chi connectivity index (χ4n) is 4.14. The first-order valence-electron chi connectivity index (χ1n) is 10.1. The molecule has 0 amide bonds. The highest BCUT2D eigenvalue weighted by Gasteiger charge is 2.54. The van der Waals surface area contributed by atoms with Gasteiger partial charge in [0, 0.05) is 92.0 Å². The smallest absolute Gasteiger partial charge is 0.302 e. The van der Waals surface area contributed by atoms with Crippen molar-refractivity contribution in [2.45, 2.75) is 32.8 Å². The Balaban J connectivity index is 1.86. The Kier molecular flexibility index (Phi) is 6.54. The number of rotatable bonds is 6. The monoisotopic (exact) mass is 724 g/mol. The molecule has 0 radical (unpaired) electrons. The number of H-pyrrole nitrogens is 2. The quantitative estimate of drug-likeness (QED) is 0.148. The predicted octanol–water partition coefficient (Wildman–Crippen LogP) is 3.92. The van der Waals surface area contributed by atoms with Gasteiger partial charge in [-0.05, 0) is 25.0 Å². The third kappa shape index (κ3) is 4.15. The largest absolute Gasteiger partial charge is 0.348 e. The second-order valence-electron chi connectivity index (χ2n) is 8.09. The summed E-state index contributed by atoms with van der Waals surface area (Å²) < 4.78 is 24.0. The molecule has 0 aliphatic heterocycles. The Hall–Kier alpha value is -2.41. The average molecular weight is 724 g/mol. The first kappa shape index (κ1) is 25.7. The first-order chi connectivity index (χ1) is 16.3. The maximum Gasteiger partial charge on any atom is 0.302 e. The third-order valence-electron chi connectivity index (χ3n) is 5.92. The highest BCUT2D eigenvalue weighted by molar-refractivity contribution is 14.1. The molecule has 4 rings (SSSR count). The van der Waals surface area contributed by atoms with Gasteiger partial charge in [0.05, 0.1) is 9.81 Å². The van der Waals surface area contributed by atoms with E-state index in [0.717, 1.165) is 12.2 Å². The van der Waals surface area contributed by atoms with Gasteiger partial charge >= 0.3 is 7.09 Å². The number of halogens is 2. The van der Waals surface area contributed by atoms with Crippen LogP contribution in [0.4, 0.5) is 0 Å². The lowest BCUT2D eigenvalue weighted by Crippen LogP contribution is -2.40. The zero-order valence-corrected chi connectivity index (χ0v) is 23.3. The molecule has 4 atom stereocenters. The van der Waals surface area contributed by atoms with E-state index in [1.54, 1.807) is 45.2 Å². The SMILES string of the molecule is CC1=C[C@H](c2ncc[nH]2)[C@](I)([N+](=O)[O-])C=C1S(=O)(=O)C1=C[C@](I)([N+](=O)[O-])[C@H](c2ncc[nH]2)C=C1C. The summed E-state index contributed by atoms with van der Waals surface area (Å²) in [4.78, 5) is 36.5. The maximum atomic E-state index is 13.9. The van der Waals surface area contributed by atoms with Gasteiger partial charge in [-0.2, -0.15) is 0 Å². The van der Waals surface area contributed by atoms with Crippen molar-refractivity contribution in [2.24, 2.45) is 0 Å².